The number of halogens is 4. The van der Waals surface area contributed by atoms with Gasteiger partial charge in [-0.15, -0.1) is 0 Å². The summed E-state index contributed by atoms with van der Waals surface area (Å²) in [6.07, 6.45) is -2.05. The van der Waals surface area contributed by atoms with Crippen LogP contribution in [0.3, 0.4) is 0 Å². The molecule has 1 aliphatic rings. The zero-order chi connectivity index (χ0) is 24.5. The summed E-state index contributed by atoms with van der Waals surface area (Å²) in [7, 11) is -3.35. The van der Waals surface area contributed by atoms with Gasteiger partial charge in [0.25, 0.3) is 0 Å². The van der Waals surface area contributed by atoms with Gasteiger partial charge < -0.3 is 4.90 Å². The molecule has 0 spiro atoms. The zero-order valence-electron chi connectivity index (χ0n) is 18.3. The molecule has 10 heteroatoms. The fraction of sp³-hybridized carbons (Fsp3) is 0.292. The van der Waals surface area contributed by atoms with Crippen molar-refractivity contribution in [2.24, 2.45) is 0 Å². The third-order valence-corrected chi connectivity index (χ3v) is 7.32. The smallest absolute Gasteiger partial charge is 0.368 e. The molecule has 0 saturated carbocycles. The van der Waals surface area contributed by atoms with Crippen LogP contribution in [-0.2, 0) is 22.6 Å². The first-order chi connectivity index (χ1) is 16.0. The monoisotopic (exact) mass is 509 g/mol. The van der Waals surface area contributed by atoms with Gasteiger partial charge in [0.05, 0.1) is 10.9 Å². The van der Waals surface area contributed by atoms with Crippen LogP contribution in [0.2, 0.25) is 5.02 Å². The van der Waals surface area contributed by atoms with E-state index in [1.807, 2.05) is 24.3 Å². The highest BCUT2D eigenvalue weighted by Gasteiger charge is 2.33. The van der Waals surface area contributed by atoms with Crippen LogP contribution in [0.15, 0.2) is 71.8 Å². The molecular weight excluding hydrogens is 487 g/mol. The second kappa shape index (κ2) is 9.56. The highest BCUT2D eigenvalue weighted by molar-refractivity contribution is 7.90. The molecule has 1 atom stereocenters. The number of sulfone groups is 1. The highest BCUT2D eigenvalue weighted by Crippen LogP contribution is 2.34. The molecule has 0 amide bonds. The van der Waals surface area contributed by atoms with Crippen LogP contribution in [0.25, 0.3) is 0 Å². The minimum Gasteiger partial charge on any atom is -0.368 e. The SMILES string of the molecule is CS(=O)(=O)c1cccc(N2CCN(Cc3ccc(C(F)(F)F)nc3)[C@H](c3ccccc3Cl)C2)c1. The molecule has 1 fully saturated rings. The van der Waals surface area contributed by atoms with E-state index in [4.69, 9.17) is 11.6 Å². The second-order valence-electron chi connectivity index (χ2n) is 8.27. The van der Waals surface area contributed by atoms with E-state index in [0.717, 1.165) is 17.3 Å². The first kappa shape index (κ1) is 24.5. The van der Waals surface area contributed by atoms with Crippen molar-refractivity contribution in [1.29, 1.82) is 0 Å². The molecule has 2 aromatic carbocycles. The number of aromatic nitrogens is 1. The Morgan fingerprint density at radius 3 is 2.47 bits per heavy atom. The topological polar surface area (TPSA) is 53.5 Å². The quantitative estimate of drug-likeness (QED) is 0.472. The molecule has 3 aromatic rings. The molecule has 1 aromatic heterocycles. The van der Waals surface area contributed by atoms with E-state index in [-0.39, 0.29) is 10.9 Å². The summed E-state index contributed by atoms with van der Waals surface area (Å²) in [5.74, 6) is 0. The van der Waals surface area contributed by atoms with Crippen LogP contribution in [0.4, 0.5) is 18.9 Å². The normalized spacial score (nSPS) is 17.7. The maximum Gasteiger partial charge on any atom is 0.433 e. The molecule has 1 saturated heterocycles. The molecule has 0 aliphatic carbocycles. The van der Waals surface area contributed by atoms with Gasteiger partial charge in [-0.2, -0.15) is 13.2 Å². The van der Waals surface area contributed by atoms with Gasteiger partial charge in [-0.05, 0) is 41.5 Å². The third kappa shape index (κ3) is 5.54. The number of piperazine rings is 1. The van der Waals surface area contributed by atoms with Crippen LogP contribution in [0, 0.1) is 0 Å². The van der Waals surface area contributed by atoms with Crippen molar-refractivity contribution in [1.82, 2.24) is 9.88 Å². The Labute approximate surface area is 201 Å². The molecule has 0 bridgehead atoms. The number of benzene rings is 2. The molecule has 180 valence electrons. The molecule has 5 nitrogen and oxygen atoms in total. The molecule has 4 rings (SSSR count). The Kier molecular flexibility index (Phi) is 6.89. The molecular formula is C24H23ClF3N3O2S. The Balaban J connectivity index is 1.62. The van der Waals surface area contributed by atoms with E-state index >= 15 is 0 Å². The average molecular weight is 510 g/mol. The first-order valence-electron chi connectivity index (χ1n) is 10.6. The van der Waals surface area contributed by atoms with Gasteiger partial charge in [-0.3, -0.25) is 9.88 Å². The van der Waals surface area contributed by atoms with Gasteiger partial charge in [0.1, 0.15) is 5.69 Å². The predicted molar refractivity (Wildman–Crippen MR) is 126 cm³/mol. The molecule has 0 N–H and O–H groups in total. The van der Waals surface area contributed by atoms with E-state index in [1.165, 1.54) is 18.5 Å². The number of alkyl halides is 3. The van der Waals surface area contributed by atoms with E-state index in [9.17, 15) is 21.6 Å². The number of anilines is 1. The van der Waals surface area contributed by atoms with E-state index in [2.05, 4.69) is 14.8 Å². The van der Waals surface area contributed by atoms with Gasteiger partial charge in [0, 0.05) is 49.3 Å². The average Bonchev–Trinajstić information content (AvgIpc) is 2.79. The molecule has 34 heavy (non-hydrogen) atoms. The molecule has 0 unspecified atom stereocenters. The van der Waals surface area contributed by atoms with Crippen molar-refractivity contribution in [2.75, 3.05) is 30.8 Å². The van der Waals surface area contributed by atoms with Crippen molar-refractivity contribution < 1.29 is 21.6 Å². The Morgan fingerprint density at radius 2 is 1.82 bits per heavy atom. The highest BCUT2D eigenvalue weighted by atomic mass is 35.5. The van der Waals surface area contributed by atoms with Gasteiger partial charge >= 0.3 is 6.18 Å². The van der Waals surface area contributed by atoms with E-state index in [0.29, 0.717) is 36.8 Å². The minimum absolute atomic E-state index is 0.161. The molecule has 0 radical (unpaired) electrons. The van der Waals surface area contributed by atoms with Crippen molar-refractivity contribution in [3.05, 3.63) is 88.7 Å². The van der Waals surface area contributed by atoms with Crippen LogP contribution >= 0.6 is 11.6 Å². The summed E-state index contributed by atoms with van der Waals surface area (Å²) in [4.78, 5) is 8.09. The summed E-state index contributed by atoms with van der Waals surface area (Å²) < 4.78 is 62.7. The summed E-state index contributed by atoms with van der Waals surface area (Å²) in [6.45, 7) is 2.14. The lowest BCUT2D eigenvalue weighted by molar-refractivity contribution is -0.141. The maximum absolute atomic E-state index is 12.9. The van der Waals surface area contributed by atoms with Gasteiger partial charge in [-0.1, -0.05) is 41.9 Å². The number of pyridine rings is 1. The lowest BCUT2D eigenvalue weighted by Gasteiger charge is -2.43. The van der Waals surface area contributed by atoms with Gasteiger partial charge in [0.15, 0.2) is 9.84 Å². The fourth-order valence-corrected chi connectivity index (χ4v) is 5.04. The number of rotatable bonds is 5. The van der Waals surface area contributed by atoms with Crippen molar-refractivity contribution >= 4 is 27.1 Å². The Bertz CT molecular complexity index is 1270. The van der Waals surface area contributed by atoms with Crippen molar-refractivity contribution in [3.63, 3.8) is 0 Å². The Morgan fingerprint density at radius 1 is 1.06 bits per heavy atom. The number of hydrogen-bond acceptors (Lipinski definition) is 5. The number of nitrogens with zero attached hydrogens (tertiary/aromatic N) is 3. The standard InChI is InChI=1S/C24H23ClF3N3O2S/c1-34(32,33)19-6-4-5-18(13-19)30-11-12-31(22(16-30)20-7-2-3-8-21(20)25)15-17-9-10-23(29-14-17)24(26,27)28/h2-10,13-14,22H,11-12,15-16H2,1H3/t22-/m0/s1. The van der Waals surface area contributed by atoms with Gasteiger partial charge in [-0.25, -0.2) is 8.42 Å². The number of hydrogen-bond donors (Lipinski definition) is 0. The Hall–Kier alpha value is -2.62. The lowest BCUT2D eigenvalue weighted by atomic mass is 10.0. The van der Waals surface area contributed by atoms with Gasteiger partial charge in [0.2, 0.25) is 0 Å². The van der Waals surface area contributed by atoms with Crippen LogP contribution in [0.5, 0.6) is 0 Å². The van der Waals surface area contributed by atoms with Crippen molar-refractivity contribution in [3.8, 4) is 0 Å². The molecule has 1 aliphatic heterocycles. The largest absolute Gasteiger partial charge is 0.433 e. The van der Waals surface area contributed by atoms with Crippen LogP contribution in [0.1, 0.15) is 22.9 Å². The maximum atomic E-state index is 12.9. The summed E-state index contributed by atoms with van der Waals surface area (Å²) in [6, 6.07) is 16.6. The predicted octanol–water partition coefficient (Wildman–Crippen LogP) is 5.22. The van der Waals surface area contributed by atoms with E-state index in [1.54, 1.807) is 24.3 Å². The summed E-state index contributed by atoms with van der Waals surface area (Å²) in [5, 5.41) is 0.592. The zero-order valence-corrected chi connectivity index (χ0v) is 19.9. The first-order valence-corrected chi connectivity index (χ1v) is 12.8. The van der Waals surface area contributed by atoms with Crippen molar-refractivity contribution in [2.45, 2.75) is 23.7 Å². The van der Waals surface area contributed by atoms with Crippen LogP contribution < -0.4 is 4.90 Å². The summed E-state index contributed by atoms with van der Waals surface area (Å²) >= 11 is 6.51. The second-order valence-corrected chi connectivity index (χ2v) is 10.7. The van der Waals surface area contributed by atoms with Crippen LogP contribution in [-0.4, -0.2) is 44.2 Å². The fourth-order valence-electron chi connectivity index (χ4n) is 4.12. The van der Waals surface area contributed by atoms with E-state index < -0.39 is 21.7 Å². The lowest BCUT2D eigenvalue weighted by Crippen LogP contribution is -2.48. The molecule has 2 heterocycles. The summed E-state index contributed by atoms with van der Waals surface area (Å²) in [5.41, 5.74) is 1.43. The minimum atomic E-state index is -4.48. The third-order valence-electron chi connectivity index (χ3n) is 5.87.